The zero-order valence-corrected chi connectivity index (χ0v) is 12.1. The number of alkyl halides is 1. The minimum absolute atomic E-state index is 0.334. The predicted octanol–water partition coefficient (Wildman–Crippen LogP) is 3.89. The van der Waals surface area contributed by atoms with Crippen molar-refractivity contribution >= 4 is 53.8 Å². The molecule has 0 aromatic heterocycles. The highest BCUT2D eigenvalue weighted by Gasteiger charge is 2.15. The van der Waals surface area contributed by atoms with Crippen molar-refractivity contribution in [2.45, 2.75) is 5.33 Å². The largest absolute Gasteiger partial charge is 0.465 e. The van der Waals surface area contributed by atoms with Crippen LogP contribution < -0.4 is 0 Å². The molecule has 14 heavy (non-hydrogen) atoms. The van der Waals surface area contributed by atoms with Crippen molar-refractivity contribution in [1.82, 2.24) is 0 Å². The first kappa shape index (κ1) is 12.2. The summed E-state index contributed by atoms with van der Waals surface area (Å²) >= 11 is 10.0. The van der Waals surface area contributed by atoms with Crippen LogP contribution >= 0.6 is 47.8 Å². The first-order chi connectivity index (χ1) is 6.60. The topological polar surface area (TPSA) is 26.3 Å². The Morgan fingerprint density at radius 2 is 2.07 bits per heavy atom. The van der Waals surface area contributed by atoms with Crippen LogP contribution in [0.25, 0.3) is 0 Å². The van der Waals surface area contributed by atoms with Gasteiger partial charge in [-0.2, -0.15) is 0 Å². The zero-order valence-electron chi connectivity index (χ0n) is 7.31. The predicted molar refractivity (Wildman–Crippen MR) is 65.8 cm³/mol. The minimum atomic E-state index is -0.334. The van der Waals surface area contributed by atoms with E-state index in [9.17, 15) is 4.79 Å². The highest BCUT2D eigenvalue weighted by molar-refractivity contribution is 9.11. The Hall–Kier alpha value is 0.130. The average molecular weight is 387 g/mol. The lowest BCUT2D eigenvalue weighted by molar-refractivity contribution is 0.0599. The number of halogens is 3. The number of carbonyl (C=O) groups excluding carboxylic acids is 1. The summed E-state index contributed by atoms with van der Waals surface area (Å²) in [6.07, 6.45) is 0. The number of carbonyl (C=O) groups is 1. The van der Waals surface area contributed by atoms with Crippen LogP contribution in [0.2, 0.25) is 0 Å². The van der Waals surface area contributed by atoms with Crippen LogP contribution in [-0.4, -0.2) is 13.1 Å². The first-order valence-electron chi connectivity index (χ1n) is 3.72. The standard InChI is InChI=1S/C9H7Br3O2/c1-14-9(13)8-5(4-10)2-6(11)3-7(8)12/h2-3H,4H2,1H3. The van der Waals surface area contributed by atoms with Crippen molar-refractivity contribution in [3.05, 3.63) is 32.2 Å². The molecule has 1 rings (SSSR count). The molecule has 0 spiro atoms. The Kier molecular flexibility index (Phi) is 4.60. The van der Waals surface area contributed by atoms with E-state index in [1.54, 1.807) is 0 Å². The van der Waals surface area contributed by atoms with Crippen molar-refractivity contribution in [1.29, 1.82) is 0 Å². The Labute approximate surface area is 107 Å². The fraction of sp³-hybridized carbons (Fsp3) is 0.222. The lowest BCUT2D eigenvalue weighted by Gasteiger charge is -2.08. The van der Waals surface area contributed by atoms with E-state index in [1.165, 1.54) is 7.11 Å². The molecule has 0 atom stereocenters. The fourth-order valence-corrected chi connectivity index (χ4v) is 2.98. The van der Waals surface area contributed by atoms with E-state index in [-0.39, 0.29) is 5.97 Å². The smallest absolute Gasteiger partial charge is 0.339 e. The van der Waals surface area contributed by atoms with Crippen molar-refractivity contribution in [2.75, 3.05) is 7.11 Å². The Morgan fingerprint density at radius 3 is 2.57 bits per heavy atom. The van der Waals surface area contributed by atoms with E-state index >= 15 is 0 Å². The molecular formula is C9H7Br3O2. The number of esters is 1. The lowest BCUT2D eigenvalue weighted by Crippen LogP contribution is -2.06. The normalized spacial score (nSPS) is 10.0. The van der Waals surface area contributed by atoms with Gasteiger partial charge in [-0.25, -0.2) is 4.79 Å². The third-order valence-corrected chi connectivity index (χ3v) is 3.36. The summed E-state index contributed by atoms with van der Waals surface area (Å²) in [5.41, 5.74) is 1.45. The van der Waals surface area contributed by atoms with E-state index in [1.807, 2.05) is 12.1 Å². The monoisotopic (exact) mass is 384 g/mol. The molecule has 0 saturated heterocycles. The summed E-state index contributed by atoms with van der Waals surface area (Å²) in [5.74, 6) is -0.334. The quantitative estimate of drug-likeness (QED) is 0.569. The molecule has 76 valence electrons. The molecule has 0 unspecified atom stereocenters. The van der Waals surface area contributed by atoms with Crippen molar-refractivity contribution < 1.29 is 9.53 Å². The second kappa shape index (κ2) is 5.28. The van der Waals surface area contributed by atoms with Crippen LogP contribution in [0.4, 0.5) is 0 Å². The second-order valence-corrected chi connectivity index (χ2v) is 4.88. The second-order valence-electron chi connectivity index (χ2n) is 2.55. The molecule has 0 fully saturated rings. The molecule has 0 heterocycles. The third kappa shape index (κ3) is 2.58. The van der Waals surface area contributed by atoms with Gasteiger partial charge < -0.3 is 4.74 Å². The van der Waals surface area contributed by atoms with Gasteiger partial charge in [-0.05, 0) is 33.6 Å². The SMILES string of the molecule is COC(=O)c1c(Br)cc(Br)cc1CBr. The van der Waals surface area contributed by atoms with Gasteiger partial charge in [-0.15, -0.1) is 0 Å². The van der Waals surface area contributed by atoms with Gasteiger partial charge in [0, 0.05) is 14.3 Å². The number of methoxy groups -OCH3 is 1. The van der Waals surface area contributed by atoms with Crippen LogP contribution in [0.5, 0.6) is 0 Å². The molecule has 0 aliphatic rings. The summed E-state index contributed by atoms with van der Waals surface area (Å²) in [7, 11) is 1.37. The van der Waals surface area contributed by atoms with Gasteiger partial charge in [0.05, 0.1) is 12.7 Å². The zero-order chi connectivity index (χ0) is 10.7. The number of hydrogen-bond acceptors (Lipinski definition) is 2. The van der Waals surface area contributed by atoms with Crippen LogP contribution in [0.15, 0.2) is 21.1 Å². The van der Waals surface area contributed by atoms with E-state index in [0.717, 1.165) is 14.5 Å². The molecular weight excluding hydrogens is 380 g/mol. The molecule has 1 aromatic rings. The Morgan fingerprint density at radius 1 is 1.43 bits per heavy atom. The molecule has 0 saturated carbocycles. The first-order valence-corrected chi connectivity index (χ1v) is 6.43. The molecule has 0 aliphatic heterocycles. The van der Waals surface area contributed by atoms with Gasteiger partial charge in [-0.3, -0.25) is 0 Å². The van der Waals surface area contributed by atoms with Crippen molar-refractivity contribution in [3.63, 3.8) is 0 Å². The van der Waals surface area contributed by atoms with Crippen molar-refractivity contribution in [2.24, 2.45) is 0 Å². The van der Waals surface area contributed by atoms with Gasteiger partial charge in [0.2, 0.25) is 0 Å². The maximum absolute atomic E-state index is 11.4. The van der Waals surface area contributed by atoms with Crippen LogP contribution in [-0.2, 0) is 10.1 Å². The molecule has 2 nitrogen and oxygen atoms in total. The van der Waals surface area contributed by atoms with Crippen LogP contribution in [0.3, 0.4) is 0 Å². The van der Waals surface area contributed by atoms with E-state index in [0.29, 0.717) is 10.9 Å². The van der Waals surface area contributed by atoms with Gasteiger partial charge in [0.25, 0.3) is 0 Å². The summed E-state index contributed by atoms with van der Waals surface area (Å²) in [6, 6.07) is 3.70. The van der Waals surface area contributed by atoms with Crippen LogP contribution in [0, 0.1) is 0 Å². The third-order valence-electron chi connectivity index (χ3n) is 1.67. The molecule has 0 N–H and O–H groups in total. The molecule has 1 aromatic carbocycles. The maximum atomic E-state index is 11.4. The number of ether oxygens (including phenoxy) is 1. The number of benzene rings is 1. The van der Waals surface area contributed by atoms with E-state index in [2.05, 4.69) is 47.8 Å². The fourth-order valence-electron chi connectivity index (χ4n) is 1.06. The molecule has 0 radical (unpaired) electrons. The highest BCUT2D eigenvalue weighted by atomic mass is 79.9. The van der Waals surface area contributed by atoms with Gasteiger partial charge in [-0.1, -0.05) is 31.9 Å². The maximum Gasteiger partial charge on any atom is 0.339 e. The Balaban J connectivity index is 3.32. The number of hydrogen-bond donors (Lipinski definition) is 0. The van der Waals surface area contributed by atoms with Gasteiger partial charge >= 0.3 is 5.97 Å². The average Bonchev–Trinajstić information content (AvgIpc) is 2.15. The number of rotatable bonds is 2. The molecule has 0 aliphatic carbocycles. The Bertz CT molecular complexity index is 363. The summed E-state index contributed by atoms with van der Waals surface area (Å²) < 4.78 is 6.35. The molecule has 0 amide bonds. The van der Waals surface area contributed by atoms with Gasteiger partial charge in [0.15, 0.2) is 0 Å². The van der Waals surface area contributed by atoms with E-state index < -0.39 is 0 Å². The molecule has 5 heteroatoms. The van der Waals surface area contributed by atoms with Crippen LogP contribution in [0.1, 0.15) is 15.9 Å². The molecule has 0 bridgehead atoms. The summed E-state index contributed by atoms with van der Waals surface area (Å²) in [5, 5.41) is 0.607. The van der Waals surface area contributed by atoms with E-state index in [4.69, 9.17) is 4.74 Å². The summed E-state index contributed by atoms with van der Waals surface area (Å²) in [4.78, 5) is 11.4. The van der Waals surface area contributed by atoms with Crippen molar-refractivity contribution in [3.8, 4) is 0 Å². The minimum Gasteiger partial charge on any atom is -0.465 e. The van der Waals surface area contributed by atoms with Gasteiger partial charge in [0.1, 0.15) is 0 Å². The lowest BCUT2D eigenvalue weighted by atomic mass is 10.1. The highest BCUT2D eigenvalue weighted by Crippen LogP contribution is 2.28. The summed E-state index contributed by atoms with van der Waals surface area (Å²) in [6.45, 7) is 0.